The Balaban J connectivity index is 1.29. The maximum Gasteiger partial charge on any atom is 0.437 e. The van der Waals surface area contributed by atoms with Crippen molar-refractivity contribution >= 4 is 28.9 Å². The number of rotatable bonds is 6. The highest BCUT2D eigenvalue weighted by Gasteiger charge is 2.35. The average Bonchev–Trinajstić information content (AvgIpc) is 3.69. The van der Waals surface area contributed by atoms with Crippen molar-refractivity contribution in [2.24, 2.45) is 4.99 Å². The molecule has 0 saturated carbocycles. The van der Waals surface area contributed by atoms with E-state index in [0.29, 0.717) is 48.5 Å². The van der Waals surface area contributed by atoms with Gasteiger partial charge in [-0.05, 0) is 95.0 Å². The van der Waals surface area contributed by atoms with Gasteiger partial charge < -0.3 is 23.6 Å². The molecule has 1 aliphatic rings. The van der Waals surface area contributed by atoms with Gasteiger partial charge in [0.1, 0.15) is 23.0 Å². The van der Waals surface area contributed by atoms with E-state index >= 15 is 0 Å². The van der Waals surface area contributed by atoms with Crippen molar-refractivity contribution in [3.63, 3.8) is 0 Å². The molecular weight excluding hydrogens is 655 g/mol. The van der Waals surface area contributed by atoms with Crippen LogP contribution >= 0.6 is 0 Å². The van der Waals surface area contributed by atoms with Crippen LogP contribution in [0.5, 0.6) is 5.75 Å². The topological polar surface area (TPSA) is 128 Å². The molecule has 1 aromatic heterocycles. The zero-order valence-electron chi connectivity index (χ0n) is 28.8. The summed E-state index contributed by atoms with van der Waals surface area (Å²) in [5.41, 5.74) is -1.02. The number of alkyl halides is 3. The first kappa shape index (κ1) is 36.1. The lowest BCUT2D eigenvalue weighted by Crippen LogP contribution is -2.46. The van der Waals surface area contributed by atoms with E-state index in [0.717, 1.165) is 22.9 Å². The van der Waals surface area contributed by atoms with E-state index in [2.05, 4.69) is 20.4 Å². The highest BCUT2D eigenvalue weighted by atomic mass is 19.4. The number of likely N-dealkylation sites (tertiary alicyclic amines) is 1. The summed E-state index contributed by atoms with van der Waals surface area (Å²) in [4.78, 5) is 35.8. The van der Waals surface area contributed by atoms with E-state index in [1.54, 1.807) is 58.6 Å². The van der Waals surface area contributed by atoms with E-state index in [-0.39, 0.29) is 18.5 Å². The van der Waals surface area contributed by atoms with Gasteiger partial charge in [-0.3, -0.25) is 5.32 Å². The summed E-state index contributed by atoms with van der Waals surface area (Å²) in [6.07, 6.45) is -4.43. The maximum absolute atomic E-state index is 13.0. The lowest BCUT2D eigenvalue weighted by molar-refractivity contribution is -0.137. The van der Waals surface area contributed by atoms with Gasteiger partial charge in [0.15, 0.2) is 0 Å². The second kappa shape index (κ2) is 14.4. The summed E-state index contributed by atoms with van der Waals surface area (Å²) in [6, 6.07) is 15.9. The fourth-order valence-electron chi connectivity index (χ4n) is 5.34. The molecule has 0 radical (unpaired) electrons. The predicted octanol–water partition coefficient (Wildman–Crippen LogP) is 8.48. The molecule has 14 heteroatoms. The van der Waals surface area contributed by atoms with Crippen molar-refractivity contribution in [3.05, 3.63) is 77.7 Å². The van der Waals surface area contributed by atoms with Crippen LogP contribution in [0.15, 0.2) is 70.2 Å². The highest BCUT2D eigenvalue weighted by Crippen LogP contribution is 2.34. The second-order valence-corrected chi connectivity index (χ2v) is 13.9. The van der Waals surface area contributed by atoms with E-state index in [1.807, 2.05) is 30.3 Å². The Morgan fingerprint density at radius 3 is 2.40 bits per heavy atom. The van der Waals surface area contributed by atoms with Gasteiger partial charge in [-0.25, -0.2) is 9.59 Å². The molecule has 1 aliphatic heterocycles. The summed E-state index contributed by atoms with van der Waals surface area (Å²) in [5.74, 6) is 1.17. The Morgan fingerprint density at radius 1 is 0.960 bits per heavy atom. The molecule has 1 saturated heterocycles. The van der Waals surface area contributed by atoms with Gasteiger partial charge in [-0.2, -0.15) is 18.2 Å². The molecule has 1 N–H and O–H groups in total. The monoisotopic (exact) mass is 695 g/mol. The number of ether oxygens (including phenoxy) is 3. The van der Waals surface area contributed by atoms with Gasteiger partial charge in [-0.1, -0.05) is 41.6 Å². The molecule has 3 aromatic carbocycles. The van der Waals surface area contributed by atoms with Crippen molar-refractivity contribution in [1.82, 2.24) is 20.4 Å². The number of aliphatic imine (C=N–C) groups is 1. The smallest absolute Gasteiger partial charge is 0.437 e. The number of amides is 2. The van der Waals surface area contributed by atoms with Crippen molar-refractivity contribution in [1.29, 1.82) is 0 Å². The van der Waals surface area contributed by atoms with Crippen LogP contribution in [0.1, 0.15) is 77.4 Å². The lowest BCUT2D eigenvalue weighted by atomic mass is 10.1. The lowest BCUT2D eigenvalue weighted by Gasteiger charge is -2.27. The Kier molecular flexibility index (Phi) is 10.4. The minimum Gasteiger partial charge on any atom is -0.493 e. The van der Waals surface area contributed by atoms with Crippen molar-refractivity contribution in [2.75, 3.05) is 13.2 Å². The molecule has 4 aromatic rings. The van der Waals surface area contributed by atoms with Crippen LogP contribution in [0.4, 0.5) is 22.8 Å². The number of benzene rings is 3. The molecule has 0 spiro atoms. The molecule has 11 nitrogen and oxygen atoms in total. The molecule has 2 heterocycles. The van der Waals surface area contributed by atoms with Gasteiger partial charge in [0.2, 0.25) is 17.7 Å². The van der Waals surface area contributed by atoms with Crippen LogP contribution in [0.25, 0.3) is 22.2 Å². The number of hydrogen-bond acceptors (Lipinski definition) is 8. The van der Waals surface area contributed by atoms with Crippen LogP contribution in [-0.4, -0.2) is 57.5 Å². The standard InChI is InChI=1S/C36H40F3N5O6/c1-34(2,3)48-32(45)41-31(42-33(46)49-35(4,5)6)44-17-8-11-28(44)30-40-29(43-50-30)25-13-12-24-21-27(15-14-23(24)20-25)47-18-16-22-9-7-10-26(19-22)36(37,38)39/h7,9-10,12-15,19-21,28H,8,11,16-18H2,1-6H3,(H,41,42,45,46)/t28-/m0/s1. The fraction of sp³-hybridized carbons (Fsp3) is 0.417. The number of guanidine groups is 1. The number of hydrogen-bond donors (Lipinski definition) is 1. The Hall–Kier alpha value is -5.14. The number of nitrogens with one attached hydrogen (secondary N) is 1. The third kappa shape index (κ3) is 9.73. The number of nitrogens with zero attached hydrogens (tertiary/aromatic N) is 4. The molecule has 5 rings (SSSR count). The minimum atomic E-state index is -4.39. The molecular formula is C36H40F3N5O6. The summed E-state index contributed by atoms with van der Waals surface area (Å²) >= 11 is 0. The summed E-state index contributed by atoms with van der Waals surface area (Å²) in [5, 5.41) is 8.57. The zero-order chi connectivity index (χ0) is 36.3. The van der Waals surface area contributed by atoms with Crippen LogP contribution in [-0.2, 0) is 22.1 Å². The van der Waals surface area contributed by atoms with Crippen molar-refractivity contribution < 1.29 is 41.5 Å². The van der Waals surface area contributed by atoms with E-state index < -0.39 is 41.2 Å². The maximum atomic E-state index is 13.0. The largest absolute Gasteiger partial charge is 0.493 e. The number of carbonyl (C=O) groups excluding carboxylic acids is 2. The number of halogens is 3. The summed E-state index contributed by atoms with van der Waals surface area (Å²) in [6.45, 7) is 11.0. The first-order valence-electron chi connectivity index (χ1n) is 16.2. The SMILES string of the molecule is CC(C)(C)OC(=O)/N=C(\NC(=O)OC(C)(C)C)N1CCC[C@H]1c1nc(-c2ccc3cc(OCCc4cccc(C(F)(F)F)c4)ccc3c2)no1. The third-order valence-electron chi connectivity index (χ3n) is 7.44. The summed E-state index contributed by atoms with van der Waals surface area (Å²) in [7, 11) is 0. The highest BCUT2D eigenvalue weighted by molar-refractivity contribution is 5.99. The van der Waals surface area contributed by atoms with Crippen LogP contribution in [0.2, 0.25) is 0 Å². The second-order valence-electron chi connectivity index (χ2n) is 13.9. The van der Waals surface area contributed by atoms with Crippen LogP contribution in [0.3, 0.4) is 0 Å². The fourth-order valence-corrected chi connectivity index (χ4v) is 5.34. The van der Waals surface area contributed by atoms with Crippen LogP contribution in [0, 0.1) is 0 Å². The molecule has 50 heavy (non-hydrogen) atoms. The average molecular weight is 696 g/mol. The number of fused-ring (bicyclic) bond motifs is 1. The first-order chi connectivity index (χ1) is 23.4. The molecule has 0 unspecified atom stereocenters. The predicted molar refractivity (Wildman–Crippen MR) is 180 cm³/mol. The minimum absolute atomic E-state index is 0.0469. The van der Waals surface area contributed by atoms with Crippen LogP contribution < -0.4 is 10.1 Å². The van der Waals surface area contributed by atoms with Gasteiger partial charge >= 0.3 is 18.4 Å². The molecule has 2 amide bonds. The Bertz CT molecular complexity index is 1880. The molecule has 1 atom stereocenters. The van der Waals surface area contributed by atoms with Gasteiger partial charge in [-0.15, -0.1) is 4.99 Å². The zero-order valence-corrected chi connectivity index (χ0v) is 28.8. The molecule has 0 aliphatic carbocycles. The number of aromatic nitrogens is 2. The van der Waals surface area contributed by atoms with Gasteiger partial charge in [0.25, 0.3) is 0 Å². The quantitative estimate of drug-likeness (QED) is 0.156. The molecule has 0 bridgehead atoms. The van der Waals surface area contributed by atoms with E-state index in [9.17, 15) is 22.8 Å². The van der Waals surface area contributed by atoms with Crippen molar-refractivity contribution in [2.45, 2.75) is 84.2 Å². The number of alkyl carbamates (subject to hydrolysis) is 1. The normalized spacial score (nSPS) is 15.7. The van der Waals surface area contributed by atoms with Gasteiger partial charge in [0, 0.05) is 18.5 Å². The first-order valence-corrected chi connectivity index (χ1v) is 16.2. The van der Waals surface area contributed by atoms with Crippen molar-refractivity contribution in [3.8, 4) is 17.1 Å². The number of carbonyl (C=O) groups is 2. The molecule has 266 valence electrons. The van der Waals surface area contributed by atoms with E-state index in [4.69, 9.17) is 18.7 Å². The third-order valence-corrected chi connectivity index (χ3v) is 7.44. The van der Waals surface area contributed by atoms with E-state index in [1.165, 1.54) is 6.07 Å². The summed E-state index contributed by atoms with van der Waals surface area (Å²) < 4.78 is 61.4. The Labute approximate surface area is 287 Å². The molecule has 1 fully saturated rings. The Morgan fingerprint density at radius 2 is 1.68 bits per heavy atom. The van der Waals surface area contributed by atoms with Gasteiger partial charge in [0.05, 0.1) is 12.2 Å².